The summed E-state index contributed by atoms with van der Waals surface area (Å²) in [6, 6.07) is 15.3. The van der Waals surface area contributed by atoms with E-state index in [0.717, 1.165) is 35.4 Å². The van der Waals surface area contributed by atoms with Gasteiger partial charge in [0.15, 0.2) is 0 Å². The molecule has 1 saturated heterocycles. The van der Waals surface area contributed by atoms with Crippen molar-refractivity contribution in [1.29, 1.82) is 0 Å². The number of nitrogens with zero attached hydrogens (tertiary/aromatic N) is 4. The first-order valence-electron chi connectivity index (χ1n) is 10.6. The minimum Gasteiger partial charge on any atom is -0.352 e. The number of nitrogens with one attached hydrogen (secondary N) is 1. The Bertz CT molecular complexity index is 1010. The number of amides is 1. The van der Waals surface area contributed by atoms with Gasteiger partial charge < -0.3 is 20.9 Å². The van der Waals surface area contributed by atoms with E-state index >= 15 is 0 Å². The van der Waals surface area contributed by atoms with Crippen LogP contribution >= 0.6 is 11.6 Å². The fourth-order valence-electron chi connectivity index (χ4n) is 3.96. The predicted molar refractivity (Wildman–Crippen MR) is 124 cm³/mol. The third-order valence-corrected chi connectivity index (χ3v) is 5.85. The van der Waals surface area contributed by atoms with Crippen molar-refractivity contribution in [2.24, 2.45) is 5.73 Å². The van der Waals surface area contributed by atoms with Crippen molar-refractivity contribution >= 4 is 34.2 Å². The number of benzene rings is 2. The number of carbonyl (C=O) groups excluding carboxylic acids is 1. The van der Waals surface area contributed by atoms with E-state index in [2.05, 4.69) is 20.2 Å². The Morgan fingerprint density at radius 3 is 2.55 bits per heavy atom. The summed E-state index contributed by atoms with van der Waals surface area (Å²) >= 11 is 6.00. The van der Waals surface area contributed by atoms with E-state index < -0.39 is 0 Å². The number of hydrogen-bond acceptors (Lipinski definition) is 6. The van der Waals surface area contributed by atoms with Crippen molar-refractivity contribution in [2.75, 3.05) is 44.2 Å². The molecular weight excluding hydrogens is 412 g/mol. The number of anilines is 1. The average Bonchev–Trinajstić information content (AvgIpc) is 2.82. The number of piperazine rings is 1. The summed E-state index contributed by atoms with van der Waals surface area (Å²) in [5.74, 6) is 1.03. The smallest absolute Gasteiger partial charge is 0.240 e. The van der Waals surface area contributed by atoms with Gasteiger partial charge in [-0.3, -0.25) is 4.79 Å². The minimum atomic E-state index is -0.309. The molecule has 1 atom stereocenters. The summed E-state index contributed by atoms with van der Waals surface area (Å²) in [6.07, 6.45) is 2.21. The molecule has 0 radical (unpaired) electrons. The zero-order valence-corrected chi connectivity index (χ0v) is 18.1. The molecule has 1 aromatic heterocycles. The van der Waals surface area contributed by atoms with Crippen molar-refractivity contribution in [1.82, 2.24) is 20.2 Å². The first kappa shape index (κ1) is 21.5. The summed E-state index contributed by atoms with van der Waals surface area (Å²) in [5, 5.41) is 5.04. The van der Waals surface area contributed by atoms with Gasteiger partial charge in [-0.05, 0) is 36.2 Å². The number of nitrogens with two attached hydrogens (primary N) is 1. The van der Waals surface area contributed by atoms with Crippen LogP contribution < -0.4 is 16.0 Å². The normalized spacial score (nSPS) is 15.3. The second kappa shape index (κ2) is 10.0. The maximum Gasteiger partial charge on any atom is 0.240 e. The minimum absolute atomic E-state index is 0.107. The fraction of sp³-hybridized carbons (Fsp3) is 0.348. The number of carbonyl (C=O) groups is 1. The predicted octanol–water partition coefficient (Wildman–Crippen LogP) is 2.09. The van der Waals surface area contributed by atoms with Crippen molar-refractivity contribution in [3.63, 3.8) is 0 Å². The van der Waals surface area contributed by atoms with Gasteiger partial charge in [0.25, 0.3) is 0 Å². The number of para-hydroxylation sites is 1. The van der Waals surface area contributed by atoms with Gasteiger partial charge in [-0.2, -0.15) is 0 Å². The van der Waals surface area contributed by atoms with Gasteiger partial charge in [-0.15, -0.1) is 0 Å². The first-order chi connectivity index (χ1) is 15.2. The number of aromatic nitrogens is 2. The first-order valence-corrected chi connectivity index (χ1v) is 10.9. The molecule has 0 saturated carbocycles. The van der Waals surface area contributed by atoms with Crippen LogP contribution in [0.2, 0.25) is 5.02 Å². The summed E-state index contributed by atoms with van der Waals surface area (Å²) in [7, 11) is 0. The number of halogens is 1. The lowest BCUT2D eigenvalue weighted by Crippen LogP contribution is -2.55. The van der Waals surface area contributed by atoms with Gasteiger partial charge in [-0.1, -0.05) is 35.9 Å². The van der Waals surface area contributed by atoms with Crippen LogP contribution in [0.1, 0.15) is 5.56 Å². The van der Waals surface area contributed by atoms with Crippen LogP contribution in [0.3, 0.4) is 0 Å². The Balaban J connectivity index is 1.43. The maximum absolute atomic E-state index is 13.3. The lowest BCUT2D eigenvalue weighted by atomic mass is 10.0. The molecule has 8 heteroatoms. The summed E-state index contributed by atoms with van der Waals surface area (Å²) in [4.78, 5) is 26.3. The molecule has 7 nitrogen and oxygen atoms in total. The van der Waals surface area contributed by atoms with Gasteiger partial charge in [0.1, 0.15) is 12.1 Å². The molecule has 2 aromatic carbocycles. The van der Waals surface area contributed by atoms with Gasteiger partial charge in [0.05, 0.1) is 11.6 Å². The number of fused-ring (bicyclic) bond motifs is 1. The van der Waals surface area contributed by atoms with Crippen LogP contribution in [0.4, 0.5) is 5.82 Å². The highest BCUT2D eigenvalue weighted by molar-refractivity contribution is 6.30. The molecule has 0 unspecified atom stereocenters. The third-order valence-electron chi connectivity index (χ3n) is 5.60. The number of hydrogen-bond donors (Lipinski definition) is 2. The lowest BCUT2D eigenvalue weighted by molar-refractivity contribution is -0.133. The molecule has 1 fully saturated rings. The van der Waals surface area contributed by atoms with Gasteiger partial charge >= 0.3 is 0 Å². The molecule has 1 amide bonds. The second-order valence-corrected chi connectivity index (χ2v) is 8.09. The van der Waals surface area contributed by atoms with Crippen LogP contribution in [-0.2, 0) is 11.2 Å². The van der Waals surface area contributed by atoms with E-state index in [0.29, 0.717) is 37.6 Å². The molecule has 31 heavy (non-hydrogen) atoms. The number of rotatable bonds is 7. The zero-order chi connectivity index (χ0) is 21.6. The molecule has 1 aliphatic heterocycles. The Hall–Kier alpha value is -2.74. The molecule has 3 aromatic rings. The summed E-state index contributed by atoms with van der Waals surface area (Å²) in [6.45, 7) is 3.85. The Labute approximate surface area is 187 Å². The highest BCUT2D eigenvalue weighted by atomic mass is 35.5. The van der Waals surface area contributed by atoms with E-state index in [9.17, 15) is 4.79 Å². The fourth-order valence-corrected chi connectivity index (χ4v) is 4.09. The molecule has 1 aliphatic rings. The van der Waals surface area contributed by atoms with Crippen LogP contribution in [-0.4, -0.2) is 66.1 Å². The van der Waals surface area contributed by atoms with Crippen molar-refractivity contribution in [3.8, 4) is 0 Å². The van der Waals surface area contributed by atoms with Crippen molar-refractivity contribution < 1.29 is 4.79 Å². The standard InChI is InChI=1S/C23H27ClN6O/c24-18-7-5-17(6-8-18)15-21(26-10-9-25)23(31)30-13-11-29(12-14-30)22-19-3-1-2-4-20(19)27-16-28-22/h1-8,16,21,26H,9-15,25H2/t21-/m1/s1. The van der Waals surface area contributed by atoms with E-state index in [4.69, 9.17) is 17.3 Å². The zero-order valence-electron chi connectivity index (χ0n) is 17.4. The van der Waals surface area contributed by atoms with Crippen LogP contribution in [0, 0.1) is 0 Å². The van der Waals surface area contributed by atoms with E-state index in [-0.39, 0.29) is 11.9 Å². The molecule has 0 spiro atoms. The monoisotopic (exact) mass is 438 g/mol. The van der Waals surface area contributed by atoms with E-state index in [1.165, 1.54) is 0 Å². The van der Waals surface area contributed by atoms with E-state index in [1.807, 2.05) is 53.4 Å². The van der Waals surface area contributed by atoms with E-state index in [1.54, 1.807) is 6.33 Å². The molecular formula is C23H27ClN6O. The maximum atomic E-state index is 13.3. The quantitative estimate of drug-likeness (QED) is 0.587. The molecule has 4 rings (SSSR count). The molecule has 162 valence electrons. The largest absolute Gasteiger partial charge is 0.352 e. The third kappa shape index (κ3) is 5.12. The highest BCUT2D eigenvalue weighted by Crippen LogP contribution is 2.23. The second-order valence-electron chi connectivity index (χ2n) is 7.65. The van der Waals surface area contributed by atoms with Crippen LogP contribution in [0.5, 0.6) is 0 Å². The van der Waals surface area contributed by atoms with Crippen LogP contribution in [0.15, 0.2) is 54.9 Å². The summed E-state index contributed by atoms with van der Waals surface area (Å²) in [5.41, 5.74) is 7.67. The Morgan fingerprint density at radius 2 is 1.81 bits per heavy atom. The lowest BCUT2D eigenvalue weighted by Gasteiger charge is -2.37. The topological polar surface area (TPSA) is 87.4 Å². The van der Waals surface area contributed by atoms with Gasteiger partial charge in [0, 0.05) is 49.7 Å². The Morgan fingerprint density at radius 1 is 1.06 bits per heavy atom. The molecule has 0 bridgehead atoms. The Kier molecular flexibility index (Phi) is 6.96. The average molecular weight is 439 g/mol. The summed E-state index contributed by atoms with van der Waals surface area (Å²) < 4.78 is 0. The molecule has 2 heterocycles. The van der Waals surface area contributed by atoms with Gasteiger partial charge in [0.2, 0.25) is 5.91 Å². The highest BCUT2D eigenvalue weighted by Gasteiger charge is 2.28. The van der Waals surface area contributed by atoms with Crippen LogP contribution in [0.25, 0.3) is 10.9 Å². The van der Waals surface area contributed by atoms with Crippen molar-refractivity contribution in [3.05, 3.63) is 65.4 Å². The van der Waals surface area contributed by atoms with Gasteiger partial charge in [-0.25, -0.2) is 9.97 Å². The molecule has 3 N–H and O–H groups in total. The SMILES string of the molecule is NCCN[C@H](Cc1ccc(Cl)cc1)C(=O)N1CCN(c2ncnc3ccccc23)CC1. The molecule has 0 aliphatic carbocycles. The van der Waals surface area contributed by atoms with Crippen molar-refractivity contribution in [2.45, 2.75) is 12.5 Å².